The number of hydrogen-bond donors (Lipinski definition) is 0. The second kappa shape index (κ2) is 9.15. The fourth-order valence-corrected chi connectivity index (χ4v) is 2.73. The quantitative estimate of drug-likeness (QED) is 0.729. The van der Waals surface area contributed by atoms with Crippen LogP contribution in [0.1, 0.15) is 26.2 Å². The van der Waals surface area contributed by atoms with E-state index in [1.54, 1.807) is 12.0 Å². The molecule has 1 aliphatic rings. The lowest BCUT2D eigenvalue weighted by molar-refractivity contribution is -0.133. The number of amides is 2. The van der Waals surface area contributed by atoms with Gasteiger partial charge in [-0.15, -0.1) is 0 Å². The van der Waals surface area contributed by atoms with Crippen LogP contribution in [0.3, 0.4) is 0 Å². The fourth-order valence-electron chi connectivity index (χ4n) is 2.73. The molecule has 0 unspecified atom stereocenters. The Labute approximate surface area is 143 Å². The third kappa shape index (κ3) is 5.44. The van der Waals surface area contributed by atoms with Crippen molar-refractivity contribution in [1.29, 1.82) is 0 Å². The molecule has 24 heavy (non-hydrogen) atoms. The SMILES string of the molecule is COc1ccc(OCCN(CCC(=O)N2CCCC2)C(C)=O)cc1. The van der Waals surface area contributed by atoms with Crippen molar-refractivity contribution in [1.82, 2.24) is 9.80 Å². The van der Waals surface area contributed by atoms with Gasteiger partial charge >= 0.3 is 0 Å². The van der Waals surface area contributed by atoms with Gasteiger partial charge in [-0.25, -0.2) is 0 Å². The van der Waals surface area contributed by atoms with Crippen LogP contribution in [0.2, 0.25) is 0 Å². The maximum absolute atomic E-state index is 12.1. The van der Waals surface area contributed by atoms with Gasteiger partial charge in [0, 0.05) is 33.0 Å². The summed E-state index contributed by atoms with van der Waals surface area (Å²) in [6.45, 7) is 4.52. The van der Waals surface area contributed by atoms with Crippen LogP contribution in [-0.2, 0) is 9.59 Å². The predicted molar refractivity (Wildman–Crippen MR) is 91.2 cm³/mol. The van der Waals surface area contributed by atoms with Gasteiger partial charge in [0.1, 0.15) is 18.1 Å². The minimum absolute atomic E-state index is 0.0393. The van der Waals surface area contributed by atoms with Crippen molar-refractivity contribution in [2.75, 3.05) is 39.9 Å². The molecule has 0 aliphatic carbocycles. The zero-order valence-electron chi connectivity index (χ0n) is 14.5. The lowest BCUT2D eigenvalue weighted by Crippen LogP contribution is -2.37. The van der Waals surface area contributed by atoms with Crippen LogP contribution in [0.25, 0.3) is 0 Å². The number of ether oxygens (including phenoxy) is 2. The lowest BCUT2D eigenvalue weighted by atomic mass is 10.3. The molecule has 0 atom stereocenters. The summed E-state index contributed by atoms with van der Waals surface area (Å²) in [5, 5.41) is 0. The Kier molecular flexibility index (Phi) is 6.90. The molecule has 0 saturated carbocycles. The minimum atomic E-state index is -0.0393. The van der Waals surface area contributed by atoms with E-state index in [0.29, 0.717) is 26.1 Å². The zero-order valence-corrected chi connectivity index (χ0v) is 14.5. The van der Waals surface area contributed by atoms with Crippen LogP contribution in [0, 0.1) is 0 Å². The maximum atomic E-state index is 12.1. The van der Waals surface area contributed by atoms with Gasteiger partial charge in [0.15, 0.2) is 0 Å². The topological polar surface area (TPSA) is 59.1 Å². The molecule has 0 bridgehead atoms. The van der Waals surface area contributed by atoms with Gasteiger partial charge in [0.2, 0.25) is 11.8 Å². The van der Waals surface area contributed by atoms with E-state index in [1.807, 2.05) is 29.2 Å². The summed E-state index contributed by atoms with van der Waals surface area (Å²) in [7, 11) is 1.62. The predicted octanol–water partition coefficient (Wildman–Crippen LogP) is 1.93. The number of hydrogen-bond acceptors (Lipinski definition) is 4. The molecule has 0 N–H and O–H groups in total. The van der Waals surface area contributed by atoms with Crippen molar-refractivity contribution in [3.05, 3.63) is 24.3 Å². The summed E-state index contributed by atoms with van der Waals surface area (Å²) < 4.78 is 10.7. The van der Waals surface area contributed by atoms with Gasteiger partial charge in [0.25, 0.3) is 0 Å². The highest BCUT2D eigenvalue weighted by atomic mass is 16.5. The van der Waals surface area contributed by atoms with Gasteiger partial charge in [-0.1, -0.05) is 0 Å². The largest absolute Gasteiger partial charge is 0.497 e. The molecular weight excluding hydrogens is 308 g/mol. The number of rotatable bonds is 8. The van der Waals surface area contributed by atoms with Crippen molar-refractivity contribution >= 4 is 11.8 Å². The minimum Gasteiger partial charge on any atom is -0.497 e. The number of carbonyl (C=O) groups is 2. The smallest absolute Gasteiger partial charge is 0.224 e. The number of benzene rings is 1. The van der Waals surface area contributed by atoms with Crippen LogP contribution in [0.4, 0.5) is 0 Å². The first-order valence-corrected chi connectivity index (χ1v) is 8.40. The number of carbonyl (C=O) groups excluding carboxylic acids is 2. The van der Waals surface area contributed by atoms with Crippen LogP contribution in [0.15, 0.2) is 24.3 Å². The Hall–Kier alpha value is -2.24. The number of likely N-dealkylation sites (tertiary alicyclic amines) is 1. The molecule has 1 fully saturated rings. The Balaban J connectivity index is 1.73. The Morgan fingerprint density at radius 3 is 2.29 bits per heavy atom. The summed E-state index contributed by atoms with van der Waals surface area (Å²) in [6.07, 6.45) is 2.54. The van der Waals surface area contributed by atoms with Gasteiger partial charge in [-0.2, -0.15) is 0 Å². The first-order valence-electron chi connectivity index (χ1n) is 8.40. The molecule has 6 nitrogen and oxygen atoms in total. The van der Waals surface area contributed by atoms with Crippen LogP contribution in [-0.4, -0.2) is 61.5 Å². The Bertz CT molecular complexity index is 538. The number of methoxy groups -OCH3 is 1. The normalized spacial score (nSPS) is 13.7. The third-order valence-electron chi connectivity index (χ3n) is 4.19. The zero-order chi connectivity index (χ0) is 17.4. The van der Waals surface area contributed by atoms with E-state index in [2.05, 4.69) is 0 Å². The van der Waals surface area contributed by atoms with Gasteiger partial charge in [-0.3, -0.25) is 9.59 Å². The molecular formula is C18H26N2O4. The molecule has 1 aromatic rings. The van der Waals surface area contributed by atoms with E-state index in [1.165, 1.54) is 6.92 Å². The highest BCUT2D eigenvalue weighted by Gasteiger charge is 2.19. The highest BCUT2D eigenvalue weighted by molar-refractivity contribution is 5.78. The molecule has 2 rings (SSSR count). The van der Waals surface area contributed by atoms with Crippen molar-refractivity contribution in [3.8, 4) is 11.5 Å². The molecule has 132 valence electrons. The van der Waals surface area contributed by atoms with Crippen molar-refractivity contribution in [2.45, 2.75) is 26.2 Å². The second-order valence-electron chi connectivity index (χ2n) is 5.87. The fraction of sp³-hybridized carbons (Fsp3) is 0.556. The van der Waals surface area contributed by atoms with Gasteiger partial charge in [-0.05, 0) is 37.1 Å². The second-order valence-corrected chi connectivity index (χ2v) is 5.87. The van der Waals surface area contributed by atoms with Crippen molar-refractivity contribution in [3.63, 3.8) is 0 Å². The lowest BCUT2D eigenvalue weighted by Gasteiger charge is -2.22. The summed E-state index contributed by atoms with van der Waals surface area (Å²) in [6, 6.07) is 7.31. The summed E-state index contributed by atoms with van der Waals surface area (Å²) in [5.41, 5.74) is 0. The first-order chi connectivity index (χ1) is 11.6. The summed E-state index contributed by atoms with van der Waals surface area (Å²) >= 11 is 0. The monoisotopic (exact) mass is 334 g/mol. The summed E-state index contributed by atoms with van der Waals surface area (Å²) in [5.74, 6) is 1.60. The molecule has 2 amide bonds. The van der Waals surface area contributed by atoms with Crippen molar-refractivity contribution in [2.24, 2.45) is 0 Å². The number of nitrogens with zero attached hydrogens (tertiary/aromatic N) is 2. The van der Waals surface area contributed by atoms with Crippen LogP contribution in [0.5, 0.6) is 11.5 Å². The van der Waals surface area contributed by atoms with Gasteiger partial charge in [0.05, 0.1) is 13.7 Å². The van der Waals surface area contributed by atoms with Crippen LogP contribution < -0.4 is 9.47 Å². The van der Waals surface area contributed by atoms with E-state index in [-0.39, 0.29) is 11.8 Å². The molecule has 1 aromatic carbocycles. The van der Waals surface area contributed by atoms with E-state index in [4.69, 9.17) is 9.47 Å². The Morgan fingerprint density at radius 2 is 1.71 bits per heavy atom. The van der Waals surface area contributed by atoms with Crippen molar-refractivity contribution < 1.29 is 19.1 Å². The molecule has 1 heterocycles. The average Bonchev–Trinajstić information content (AvgIpc) is 3.12. The summed E-state index contributed by atoms with van der Waals surface area (Å²) in [4.78, 5) is 27.4. The Morgan fingerprint density at radius 1 is 1.08 bits per heavy atom. The highest BCUT2D eigenvalue weighted by Crippen LogP contribution is 2.17. The average molecular weight is 334 g/mol. The molecule has 0 radical (unpaired) electrons. The first kappa shape index (κ1) is 18.1. The van der Waals surface area contributed by atoms with E-state index >= 15 is 0 Å². The maximum Gasteiger partial charge on any atom is 0.224 e. The molecule has 1 saturated heterocycles. The molecule has 1 aliphatic heterocycles. The standard InChI is InChI=1S/C18H26N2O4/c1-15(21)19(12-9-18(22)20-10-3-4-11-20)13-14-24-17-7-5-16(23-2)6-8-17/h5-8H,3-4,9-14H2,1-2H3. The molecule has 6 heteroatoms. The van der Waals surface area contributed by atoms with E-state index in [0.717, 1.165) is 37.4 Å². The molecule has 0 aromatic heterocycles. The van der Waals surface area contributed by atoms with Crippen LogP contribution >= 0.6 is 0 Å². The third-order valence-corrected chi connectivity index (χ3v) is 4.19. The van der Waals surface area contributed by atoms with Gasteiger partial charge < -0.3 is 19.3 Å². The van der Waals surface area contributed by atoms with E-state index in [9.17, 15) is 9.59 Å². The molecule has 0 spiro atoms. The van der Waals surface area contributed by atoms with E-state index < -0.39 is 0 Å².